The molecule has 19 heavy (non-hydrogen) atoms. The Bertz CT molecular complexity index is 606. The topological polar surface area (TPSA) is 59.8 Å². The maximum Gasteiger partial charge on any atom is 0.221 e. The Balaban J connectivity index is 2.45. The molecule has 0 fully saturated rings. The lowest BCUT2D eigenvalue weighted by molar-refractivity contribution is -0.120. The number of aromatic nitrogens is 3. The fourth-order valence-corrected chi connectivity index (χ4v) is 2.14. The van der Waals surface area contributed by atoms with Gasteiger partial charge in [-0.2, -0.15) is 0 Å². The highest BCUT2D eigenvalue weighted by molar-refractivity contribution is 6.20. The molecule has 0 saturated heterocycles. The summed E-state index contributed by atoms with van der Waals surface area (Å²) in [6, 6.07) is 3.85. The number of hydrogen-bond donors (Lipinski definition) is 1. The largest absolute Gasteiger partial charge is 0.359 e. The first-order valence-corrected chi connectivity index (χ1v) is 6.65. The molecule has 0 spiro atoms. The van der Waals surface area contributed by atoms with Crippen LogP contribution >= 0.6 is 11.6 Å². The molecule has 2 heterocycles. The molecule has 1 amide bonds. The van der Waals surface area contributed by atoms with E-state index in [9.17, 15) is 4.79 Å². The number of fused-ring (bicyclic) bond motifs is 1. The van der Waals surface area contributed by atoms with Gasteiger partial charge >= 0.3 is 0 Å². The summed E-state index contributed by atoms with van der Waals surface area (Å²) in [6.45, 7) is 4.32. The van der Waals surface area contributed by atoms with Gasteiger partial charge in [-0.15, -0.1) is 11.6 Å². The van der Waals surface area contributed by atoms with Crippen molar-refractivity contribution in [1.29, 1.82) is 0 Å². The second-order valence-corrected chi connectivity index (χ2v) is 5.11. The van der Waals surface area contributed by atoms with Gasteiger partial charge in [-0.3, -0.25) is 4.79 Å². The maximum atomic E-state index is 11.4. The Morgan fingerprint density at radius 3 is 2.84 bits per heavy atom. The molecule has 5 nitrogen and oxygen atoms in total. The van der Waals surface area contributed by atoms with E-state index in [2.05, 4.69) is 15.3 Å². The number of hydrogen-bond acceptors (Lipinski definition) is 3. The molecule has 1 unspecified atom stereocenters. The van der Waals surface area contributed by atoms with E-state index in [0.717, 1.165) is 22.7 Å². The summed E-state index contributed by atoms with van der Waals surface area (Å²) in [4.78, 5) is 20.4. The minimum Gasteiger partial charge on any atom is -0.359 e. The van der Waals surface area contributed by atoms with E-state index in [0.29, 0.717) is 13.0 Å². The summed E-state index contributed by atoms with van der Waals surface area (Å²) in [5, 5.41) is 2.39. The van der Waals surface area contributed by atoms with Crippen LogP contribution in [0.15, 0.2) is 12.1 Å². The quantitative estimate of drug-likeness (QED) is 0.873. The predicted octanol–water partition coefficient (Wildman–Crippen LogP) is 2.18. The molecule has 0 aliphatic carbocycles. The standard InChI is InChI=1S/C13H17ClN4O/c1-8-4-5-10-13(16-8)18(7-6-11(19)15-3)12(17-10)9(2)14/h4-5,9H,6-7H2,1-3H3,(H,15,19). The summed E-state index contributed by atoms with van der Waals surface area (Å²) in [5.41, 5.74) is 2.51. The summed E-state index contributed by atoms with van der Waals surface area (Å²) >= 11 is 6.16. The number of amides is 1. The van der Waals surface area contributed by atoms with Crippen LogP contribution in [0, 0.1) is 6.92 Å². The van der Waals surface area contributed by atoms with Gasteiger partial charge in [-0.1, -0.05) is 0 Å². The van der Waals surface area contributed by atoms with Crippen LogP contribution in [0.3, 0.4) is 0 Å². The third-order valence-corrected chi connectivity index (χ3v) is 3.15. The monoisotopic (exact) mass is 280 g/mol. The summed E-state index contributed by atoms with van der Waals surface area (Å²) in [6.07, 6.45) is 0.383. The van der Waals surface area contributed by atoms with Crippen molar-refractivity contribution in [2.75, 3.05) is 7.05 Å². The molecular formula is C13H17ClN4O. The Morgan fingerprint density at radius 1 is 1.47 bits per heavy atom. The zero-order valence-corrected chi connectivity index (χ0v) is 12.0. The van der Waals surface area contributed by atoms with Crippen LogP contribution in [0.2, 0.25) is 0 Å². The van der Waals surface area contributed by atoms with Crippen LogP contribution in [0.5, 0.6) is 0 Å². The molecule has 0 aliphatic heterocycles. The molecule has 2 aromatic heterocycles. The number of nitrogens with zero attached hydrogens (tertiary/aromatic N) is 3. The first-order valence-electron chi connectivity index (χ1n) is 6.21. The van der Waals surface area contributed by atoms with Gasteiger partial charge in [-0.25, -0.2) is 9.97 Å². The van der Waals surface area contributed by atoms with E-state index >= 15 is 0 Å². The maximum absolute atomic E-state index is 11.4. The number of pyridine rings is 1. The molecule has 0 saturated carbocycles. The van der Waals surface area contributed by atoms with Crippen LogP contribution in [0.4, 0.5) is 0 Å². The van der Waals surface area contributed by atoms with E-state index in [-0.39, 0.29) is 11.3 Å². The van der Waals surface area contributed by atoms with Crippen molar-refractivity contribution >= 4 is 28.7 Å². The lowest BCUT2D eigenvalue weighted by Gasteiger charge is -2.09. The minimum atomic E-state index is -0.223. The van der Waals surface area contributed by atoms with Crippen molar-refractivity contribution in [3.8, 4) is 0 Å². The van der Waals surface area contributed by atoms with Gasteiger partial charge in [0.05, 0.1) is 5.38 Å². The van der Waals surface area contributed by atoms with E-state index < -0.39 is 0 Å². The second-order valence-electron chi connectivity index (χ2n) is 4.46. The first kappa shape index (κ1) is 13.8. The zero-order chi connectivity index (χ0) is 14.0. The van der Waals surface area contributed by atoms with Crippen LogP contribution in [0.1, 0.15) is 30.2 Å². The molecule has 0 radical (unpaired) electrons. The minimum absolute atomic E-state index is 0.0114. The molecule has 1 atom stereocenters. The highest BCUT2D eigenvalue weighted by Crippen LogP contribution is 2.24. The highest BCUT2D eigenvalue weighted by Gasteiger charge is 2.16. The van der Waals surface area contributed by atoms with Gasteiger partial charge in [0, 0.05) is 25.7 Å². The van der Waals surface area contributed by atoms with Gasteiger partial charge in [0.2, 0.25) is 5.91 Å². The van der Waals surface area contributed by atoms with Gasteiger partial charge in [0.25, 0.3) is 0 Å². The molecule has 2 rings (SSSR count). The van der Waals surface area contributed by atoms with E-state index in [1.807, 2.05) is 30.5 Å². The third-order valence-electron chi connectivity index (χ3n) is 2.96. The van der Waals surface area contributed by atoms with Gasteiger partial charge in [0.15, 0.2) is 5.65 Å². The van der Waals surface area contributed by atoms with Crippen molar-refractivity contribution in [3.63, 3.8) is 0 Å². The SMILES string of the molecule is CNC(=O)CCn1c(C(C)Cl)nc2ccc(C)nc21. The molecule has 6 heteroatoms. The van der Waals surface area contributed by atoms with E-state index in [1.54, 1.807) is 7.05 Å². The van der Waals surface area contributed by atoms with Crippen LogP contribution in [0.25, 0.3) is 11.2 Å². The van der Waals surface area contributed by atoms with Crippen LogP contribution in [-0.2, 0) is 11.3 Å². The normalized spacial score (nSPS) is 12.6. The van der Waals surface area contributed by atoms with Crippen molar-refractivity contribution in [3.05, 3.63) is 23.7 Å². The number of imidazole rings is 1. The zero-order valence-electron chi connectivity index (χ0n) is 11.3. The van der Waals surface area contributed by atoms with Gasteiger partial charge in [0.1, 0.15) is 11.3 Å². The van der Waals surface area contributed by atoms with Crippen LogP contribution in [-0.4, -0.2) is 27.5 Å². The van der Waals surface area contributed by atoms with E-state index in [4.69, 9.17) is 11.6 Å². The summed E-state index contributed by atoms with van der Waals surface area (Å²) in [7, 11) is 1.63. The van der Waals surface area contributed by atoms with Crippen molar-refractivity contribution in [2.45, 2.75) is 32.2 Å². The number of rotatable bonds is 4. The molecule has 0 aromatic carbocycles. The lowest BCUT2D eigenvalue weighted by atomic mass is 10.3. The Morgan fingerprint density at radius 2 is 2.21 bits per heavy atom. The van der Waals surface area contributed by atoms with Crippen LogP contribution < -0.4 is 5.32 Å². The van der Waals surface area contributed by atoms with Gasteiger partial charge < -0.3 is 9.88 Å². The molecular weight excluding hydrogens is 264 g/mol. The molecule has 0 aliphatic rings. The Hall–Kier alpha value is -1.62. The average Bonchev–Trinajstić information content (AvgIpc) is 2.74. The smallest absolute Gasteiger partial charge is 0.221 e. The number of alkyl halides is 1. The number of carbonyl (C=O) groups excluding carboxylic acids is 1. The second kappa shape index (κ2) is 5.57. The summed E-state index contributed by atoms with van der Waals surface area (Å²) < 4.78 is 1.93. The number of halogens is 1. The number of carbonyl (C=O) groups is 1. The molecule has 102 valence electrons. The molecule has 2 aromatic rings. The fraction of sp³-hybridized carbons (Fsp3) is 0.462. The average molecular weight is 281 g/mol. The highest BCUT2D eigenvalue weighted by atomic mass is 35.5. The summed E-state index contributed by atoms with van der Waals surface area (Å²) in [5.74, 6) is 0.737. The fourth-order valence-electron chi connectivity index (χ4n) is 1.98. The predicted molar refractivity (Wildman–Crippen MR) is 75.2 cm³/mol. The van der Waals surface area contributed by atoms with Crippen molar-refractivity contribution in [2.24, 2.45) is 0 Å². The lowest BCUT2D eigenvalue weighted by Crippen LogP contribution is -2.20. The van der Waals surface area contributed by atoms with Crippen molar-refractivity contribution < 1.29 is 4.79 Å². The Labute approximate surface area is 117 Å². The molecule has 1 N–H and O–H groups in total. The molecule has 0 bridgehead atoms. The Kier molecular flexibility index (Phi) is 4.04. The van der Waals surface area contributed by atoms with E-state index in [1.165, 1.54) is 0 Å². The third kappa shape index (κ3) is 2.87. The first-order chi connectivity index (χ1) is 9.02. The number of aryl methyl sites for hydroxylation is 2. The van der Waals surface area contributed by atoms with Gasteiger partial charge in [-0.05, 0) is 26.0 Å². The van der Waals surface area contributed by atoms with Crippen molar-refractivity contribution in [1.82, 2.24) is 19.9 Å². The number of nitrogens with one attached hydrogen (secondary N) is 1.